The molecule has 0 aliphatic carbocycles. The molecule has 0 saturated carbocycles. The molecule has 2 amide bonds. The lowest BCUT2D eigenvalue weighted by molar-refractivity contribution is -0.137. The molecule has 4 rings (SSSR count). The van der Waals surface area contributed by atoms with Crippen molar-refractivity contribution >= 4 is 29.0 Å². The first kappa shape index (κ1) is 24.8. The van der Waals surface area contributed by atoms with Gasteiger partial charge in [0.15, 0.2) is 0 Å². The first-order valence-corrected chi connectivity index (χ1v) is 11.4. The molecule has 0 atom stereocenters. The van der Waals surface area contributed by atoms with Gasteiger partial charge in [-0.1, -0.05) is 17.7 Å². The SMILES string of the molecule is CN1CCC(Oc2cc(NC(=O)Nc3ccc(-c4ccncc4)c(C(F)(F)F)c3)ccc2Cl)CC1. The van der Waals surface area contributed by atoms with E-state index in [1.165, 1.54) is 36.7 Å². The summed E-state index contributed by atoms with van der Waals surface area (Å²) in [5.41, 5.74) is -0.0774. The quantitative estimate of drug-likeness (QED) is 0.414. The Morgan fingerprint density at radius 2 is 1.66 bits per heavy atom. The predicted molar refractivity (Wildman–Crippen MR) is 130 cm³/mol. The fraction of sp³-hybridized carbons (Fsp3) is 0.280. The maximum Gasteiger partial charge on any atom is 0.417 e. The lowest BCUT2D eigenvalue weighted by atomic mass is 9.99. The van der Waals surface area contributed by atoms with Crippen LogP contribution in [0.15, 0.2) is 60.9 Å². The van der Waals surface area contributed by atoms with Gasteiger partial charge in [0.2, 0.25) is 0 Å². The smallest absolute Gasteiger partial charge is 0.417 e. The number of aromatic nitrogens is 1. The van der Waals surface area contributed by atoms with Crippen molar-refractivity contribution < 1.29 is 22.7 Å². The molecule has 0 radical (unpaired) electrons. The van der Waals surface area contributed by atoms with E-state index in [4.69, 9.17) is 16.3 Å². The number of rotatable bonds is 5. The number of pyridine rings is 1. The summed E-state index contributed by atoms with van der Waals surface area (Å²) >= 11 is 6.26. The minimum atomic E-state index is -4.61. The van der Waals surface area contributed by atoms with Gasteiger partial charge in [-0.2, -0.15) is 13.2 Å². The van der Waals surface area contributed by atoms with Gasteiger partial charge >= 0.3 is 12.2 Å². The summed E-state index contributed by atoms with van der Waals surface area (Å²) in [7, 11) is 2.05. The Morgan fingerprint density at radius 3 is 2.31 bits per heavy atom. The van der Waals surface area contributed by atoms with Crippen molar-refractivity contribution in [3.05, 3.63) is 71.5 Å². The molecule has 184 valence electrons. The number of nitrogens with one attached hydrogen (secondary N) is 2. The van der Waals surface area contributed by atoms with Crippen molar-refractivity contribution in [2.75, 3.05) is 30.8 Å². The second-order valence-corrected chi connectivity index (χ2v) is 8.75. The van der Waals surface area contributed by atoms with Crippen LogP contribution < -0.4 is 15.4 Å². The van der Waals surface area contributed by atoms with E-state index in [1.54, 1.807) is 18.2 Å². The monoisotopic (exact) mass is 504 g/mol. The summed E-state index contributed by atoms with van der Waals surface area (Å²) < 4.78 is 47.2. The molecule has 2 aromatic carbocycles. The number of likely N-dealkylation sites (tertiary alicyclic amines) is 1. The molecule has 6 nitrogen and oxygen atoms in total. The minimum absolute atomic E-state index is 0.000688. The zero-order chi connectivity index (χ0) is 25.0. The van der Waals surface area contributed by atoms with E-state index in [9.17, 15) is 18.0 Å². The zero-order valence-corrected chi connectivity index (χ0v) is 19.7. The molecule has 10 heteroatoms. The van der Waals surface area contributed by atoms with Crippen molar-refractivity contribution in [2.45, 2.75) is 25.1 Å². The number of nitrogens with zero attached hydrogens (tertiary/aromatic N) is 2. The molecule has 0 spiro atoms. The lowest BCUT2D eigenvalue weighted by Gasteiger charge is -2.29. The molecule has 2 heterocycles. The zero-order valence-electron chi connectivity index (χ0n) is 18.9. The summed E-state index contributed by atoms with van der Waals surface area (Å²) in [6.07, 6.45) is -0.0160. The summed E-state index contributed by atoms with van der Waals surface area (Å²) in [6.45, 7) is 1.84. The number of benzene rings is 2. The Balaban J connectivity index is 1.46. The molecule has 1 aromatic heterocycles. The fourth-order valence-corrected chi connectivity index (χ4v) is 4.05. The topological polar surface area (TPSA) is 66.5 Å². The third-order valence-corrected chi connectivity index (χ3v) is 6.03. The van der Waals surface area contributed by atoms with Crippen molar-refractivity contribution in [3.63, 3.8) is 0 Å². The van der Waals surface area contributed by atoms with Gasteiger partial charge in [-0.25, -0.2) is 4.79 Å². The van der Waals surface area contributed by atoms with Crippen LogP contribution in [0.3, 0.4) is 0 Å². The van der Waals surface area contributed by atoms with Gasteiger partial charge in [-0.3, -0.25) is 4.98 Å². The van der Waals surface area contributed by atoms with E-state index in [0.717, 1.165) is 32.0 Å². The molecular formula is C25H24ClF3N4O2. The largest absolute Gasteiger partial charge is 0.489 e. The number of ether oxygens (including phenoxy) is 1. The van der Waals surface area contributed by atoms with E-state index in [2.05, 4.69) is 27.6 Å². The van der Waals surface area contributed by atoms with Crippen LogP contribution in [0.2, 0.25) is 5.02 Å². The standard InChI is InChI=1S/C25H24ClF3N4O2/c1-33-12-8-19(9-13-33)35-23-15-18(3-5-22(23)26)32-24(34)31-17-2-4-20(16-6-10-30-11-7-16)21(14-17)25(27,28)29/h2-7,10-11,14-15,19H,8-9,12-13H2,1H3,(H2,31,32,34). The number of hydrogen-bond donors (Lipinski definition) is 2. The van der Waals surface area contributed by atoms with Crippen LogP contribution >= 0.6 is 11.6 Å². The van der Waals surface area contributed by atoms with Crippen LogP contribution in [0, 0.1) is 0 Å². The van der Waals surface area contributed by atoms with Crippen LogP contribution in [0.25, 0.3) is 11.1 Å². The van der Waals surface area contributed by atoms with Gasteiger partial charge in [-0.05, 0) is 67.4 Å². The Morgan fingerprint density at radius 1 is 1.03 bits per heavy atom. The number of urea groups is 1. The van der Waals surface area contributed by atoms with Crippen molar-refractivity contribution in [2.24, 2.45) is 0 Å². The average Bonchev–Trinajstić information content (AvgIpc) is 2.82. The second-order valence-electron chi connectivity index (χ2n) is 8.34. The number of alkyl halides is 3. The van der Waals surface area contributed by atoms with Gasteiger partial charge in [0, 0.05) is 42.9 Å². The molecule has 1 fully saturated rings. The number of carbonyl (C=O) groups is 1. The Bertz CT molecular complexity index is 1180. The average molecular weight is 505 g/mol. The third kappa shape index (κ3) is 6.43. The van der Waals surface area contributed by atoms with Crippen molar-refractivity contribution in [1.29, 1.82) is 0 Å². The van der Waals surface area contributed by atoms with E-state index in [-0.39, 0.29) is 17.4 Å². The minimum Gasteiger partial charge on any atom is -0.489 e. The maximum absolute atomic E-state index is 13.7. The highest BCUT2D eigenvalue weighted by atomic mass is 35.5. The number of piperidine rings is 1. The summed E-state index contributed by atoms with van der Waals surface area (Å²) in [5, 5.41) is 5.49. The Kier molecular flexibility index (Phi) is 7.47. The van der Waals surface area contributed by atoms with Gasteiger partial charge in [0.1, 0.15) is 11.9 Å². The maximum atomic E-state index is 13.7. The van der Waals surface area contributed by atoms with E-state index < -0.39 is 17.8 Å². The Hall–Kier alpha value is -3.30. The van der Waals surface area contributed by atoms with Crippen LogP contribution in [-0.4, -0.2) is 42.2 Å². The molecule has 0 unspecified atom stereocenters. The predicted octanol–water partition coefficient (Wildman–Crippen LogP) is 6.54. The highest BCUT2D eigenvalue weighted by molar-refractivity contribution is 6.32. The van der Waals surface area contributed by atoms with Gasteiger partial charge < -0.3 is 20.3 Å². The van der Waals surface area contributed by atoms with Crippen LogP contribution in [0.4, 0.5) is 29.3 Å². The molecule has 1 aliphatic heterocycles. The van der Waals surface area contributed by atoms with Crippen molar-refractivity contribution in [3.8, 4) is 16.9 Å². The highest BCUT2D eigenvalue weighted by Gasteiger charge is 2.34. The van der Waals surface area contributed by atoms with E-state index >= 15 is 0 Å². The van der Waals surface area contributed by atoms with E-state index in [0.29, 0.717) is 22.0 Å². The third-order valence-electron chi connectivity index (χ3n) is 5.72. The van der Waals surface area contributed by atoms with Crippen LogP contribution in [0.5, 0.6) is 5.75 Å². The van der Waals surface area contributed by atoms with E-state index in [1.807, 2.05) is 0 Å². The van der Waals surface area contributed by atoms with Gasteiger partial charge in [0.25, 0.3) is 0 Å². The normalized spacial score (nSPS) is 15.0. The van der Waals surface area contributed by atoms with Crippen molar-refractivity contribution in [1.82, 2.24) is 9.88 Å². The fourth-order valence-electron chi connectivity index (χ4n) is 3.89. The number of carbonyl (C=O) groups excluding carboxylic acids is 1. The first-order valence-electron chi connectivity index (χ1n) is 11.0. The molecule has 1 aliphatic rings. The molecule has 35 heavy (non-hydrogen) atoms. The molecular weight excluding hydrogens is 481 g/mol. The molecule has 3 aromatic rings. The Labute approximate surface area is 206 Å². The molecule has 2 N–H and O–H groups in total. The van der Waals surface area contributed by atoms with Crippen LogP contribution in [-0.2, 0) is 6.18 Å². The second kappa shape index (κ2) is 10.5. The summed E-state index contributed by atoms with van der Waals surface area (Å²) in [6, 6.07) is 10.8. The lowest BCUT2D eigenvalue weighted by Crippen LogP contribution is -2.35. The summed E-state index contributed by atoms with van der Waals surface area (Å²) in [4.78, 5) is 18.6. The highest BCUT2D eigenvalue weighted by Crippen LogP contribution is 2.38. The van der Waals surface area contributed by atoms with Crippen LogP contribution in [0.1, 0.15) is 18.4 Å². The van der Waals surface area contributed by atoms with Gasteiger partial charge in [0.05, 0.1) is 10.6 Å². The number of anilines is 2. The molecule has 0 bridgehead atoms. The number of halogens is 4. The molecule has 1 saturated heterocycles. The number of hydrogen-bond acceptors (Lipinski definition) is 4. The first-order chi connectivity index (χ1) is 16.7. The summed E-state index contributed by atoms with van der Waals surface area (Å²) in [5.74, 6) is 0.445. The van der Waals surface area contributed by atoms with Gasteiger partial charge in [-0.15, -0.1) is 0 Å². The number of amides is 2.